The van der Waals surface area contributed by atoms with Gasteiger partial charge < -0.3 is 14.8 Å². The molecule has 35 heavy (non-hydrogen) atoms. The van der Waals surface area contributed by atoms with Crippen molar-refractivity contribution in [3.8, 4) is 21.8 Å². The normalized spacial score (nSPS) is 11.9. The molecule has 2 N–H and O–H groups in total. The summed E-state index contributed by atoms with van der Waals surface area (Å²) in [6, 6.07) is 19.8. The Morgan fingerprint density at radius 2 is 1.83 bits per heavy atom. The molecule has 7 heteroatoms. The number of nitrogens with zero attached hydrogens (tertiary/aromatic N) is 1. The molecule has 0 unspecified atom stereocenters. The minimum atomic E-state index is -1.01. The van der Waals surface area contributed by atoms with Crippen LogP contribution < -0.4 is 10.7 Å². The van der Waals surface area contributed by atoms with Crippen molar-refractivity contribution in [3.05, 3.63) is 105 Å². The second kappa shape index (κ2) is 9.19. The summed E-state index contributed by atoms with van der Waals surface area (Å²) in [5, 5.41) is 13.4. The molecule has 6 nitrogen and oxygen atoms in total. The van der Waals surface area contributed by atoms with Crippen LogP contribution in [0.5, 0.6) is 0 Å². The Bertz CT molecular complexity index is 1590. The highest BCUT2D eigenvalue weighted by Gasteiger charge is 2.23. The highest BCUT2D eigenvalue weighted by atomic mass is 32.1. The maximum Gasteiger partial charge on any atom is 0.337 e. The molecule has 1 atom stereocenters. The summed E-state index contributed by atoms with van der Waals surface area (Å²) in [7, 11) is 0. The lowest BCUT2D eigenvalue weighted by Gasteiger charge is -2.20. The average molecular weight is 483 g/mol. The molecule has 0 aliphatic carbocycles. The van der Waals surface area contributed by atoms with Crippen LogP contribution in [-0.4, -0.2) is 16.1 Å². The van der Waals surface area contributed by atoms with Gasteiger partial charge in [0.25, 0.3) is 0 Å². The zero-order chi connectivity index (χ0) is 24.5. The molecule has 2 aromatic heterocycles. The number of benzene rings is 3. The molecule has 0 saturated carbocycles. The average Bonchev–Trinajstić information content (AvgIpc) is 3.39. The fourth-order valence-electron chi connectivity index (χ4n) is 4.26. The first-order chi connectivity index (χ1) is 16.9. The second-order valence-electron chi connectivity index (χ2n) is 8.31. The molecule has 3 aromatic carbocycles. The molecular weight excluding hydrogens is 460 g/mol. The number of rotatable bonds is 6. The Balaban J connectivity index is 1.74. The van der Waals surface area contributed by atoms with Crippen LogP contribution in [0.25, 0.3) is 32.7 Å². The minimum absolute atomic E-state index is 0.127. The third-order valence-corrected chi connectivity index (χ3v) is 6.67. The Morgan fingerprint density at radius 1 is 1.09 bits per heavy atom. The Hall–Kier alpha value is -4.23. The van der Waals surface area contributed by atoms with Gasteiger partial charge in [-0.1, -0.05) is 48.5 Å². The lowest BCUT2D eigenvalue weighted by atomic mass is 9.98. The standard InChI is InChI=1S/C28H22N2O4S/c1-16-12-20(17(2)30-22-11-7-6-10-19(22)28(32)33)27-21(13-16)25(31)24(23-14-29-15-35-23)26(34-27)18-8-4-3-5-9-18/h3-15,17,30H,1-2H3,(H,32,33)/t17-/m1/s1. The third kappa shape index (κ3) is 4.22. The van der Waals surface area contributed by atoms with Crippen molar-refractivity contribution in [2.75, 3.05) is 5.32 Å². The maximum absolute atomic E-state index is 13.9. The van der Waals surface area contributed by atoms with E-state index in [9.17, 15) is 14.7 Å². The van der Waals surface area contributed by atoms with Gasteiger partial charge >= 0.3 is 5.97 Å². The maximum atomic E-state index is 13.9. The van der Waals surface area contributed by atoms with Gasteiger partial charge in [0.2, 0.25) is 5.43 Å². The topological polar surface area (TPSA) is 92.4 Å². The number of aromatic nitrogens is 1. The SMILES string of the molecule is Cc1cc([C@@H](C)Nc2ccccc2C(=O)O)c2oc(-c3ccccc3)c(-c3cncs3)c(=O)c2c1. The molecule has 0 radical (unpaired) electrons. The van der Waals surface area contributed by atoms with Gasteiger partial charge in [0.15, 0.2) is 0 Å². The van der Waals surface area contributed by atoms with E-state index >= 15 is 0 Å². The summed E-state index contributed by atoms with van der Waals surface area (Å²) in [5.74, 6) is -0.530. The smallest absolute Gasteiger partial charge is 0.337 e. The third-order valence-electron chi connectivity index (χ3n) is 5.88. The number of fused-ring (bicyclic) bond motifs is 1. The number of para-hydroxylation sites is 1. The summed E-state index contributed by atoms with van der Waals surface area (Å²) in [6.45, 7) is 3.85. The van der Waals surface area contributed by atoms with E-state index in [1.165, 1.54) is 11.3 Å². The predicted molar refractivity (Wildman–Crippen MR) is 139 cm³/mol. The molecule has 2 heterocycles. The number of thiazole rings is 1. The fraction of sp³-hybridized carbons (Fsp3) is 0.107. The lowest BCUT2D eigenvalue weighted by Crippen LogP contribution is -2.13. The van der Waals surface area contributed by atoms with E-state index in [-0.39, 0.29) is 17.0 Å². The van der Waals surface area contributed by atoms with Crippen molar-refractivity contribution in [1.29, 1.82) is 0 Å². The van der Waals surface area contributed by atoms with E-state index in [0.717, 1.165) is 21.6 Å². The van der Waals surface area contributed by atoms with E-state index < -0.39 is 5.97 Å². The summed E-state index contributed by atoms with van der Waals surface area (Å²) < 4.78 is 6.53. The number of carboxylic acid groups (broad SMARTS) is 1. The fourth-order valence-corrected chi connectivity index (χ4v) is 4.92. The van der Waals surface area contributed by atoms with Crippen LogP contribution in [0, 0.1) is 6.92 Å². The largest absolute Gasteiger partial charge is 0.478 e. The zero-order valence-corrected chi connectivity index (χ0v) is 19.9. The lowest BCUT2D eigenvalue weighted by molar-refractivity contribution is 0.0698. The van der Waals surface area contributed by atoms with Crippen molar-refractivity contribution in [2.24, 2.45) is 0 Å². The van der Waals surface area contributed by atoms with Crippen LogP contribution in [0.4, 0.5) is 5.69 Å². The quantitative estimate of drug-likeness (QED) is 0.278. The van der Waals surface area contributed by atoms with Crippen molar-refractivity contribution < 1.29 is 14.3 Å². The van der Waals surface area contributed by atoms with Gasteiger partial charge in [-0.25, -0.2) is 4.79 Å². The summed E-state index contributed by atoms with van der Waals surface area (Å²) in [4.78, 5) is 30.5. The van der Waals surface area contributed by atoms with Gasteiger partial charge in [-0.15, -0.1) is 11.3 Å². The number of carboxylic acids is 1. The van der Waals surface area contributed by atoms with Crippen LogP contribution in [0.3, 0.4) is 0 Å². The first-order valence-electron chi connectivity index (χ1n) is 11.1. The van der Waals surface area contributed by atoms with Crippen LogP contribution in [0.1, 0.15) is 34.5 Å². The van der Waals surface area contributed by atoms with Gasteiger partial charge in [0, 0.05) is 23.0 Å². The number of aryl methyl sites for hydroxylation is 1. The number of aromatic carboxylic acids is 1. The molecule has 0 fully saturated rings. The second-order valence-corrected chi connectivity index (χ2v) is 9.20. The number of nitrogens with one attached hydrogen (secondary N) is 1. The highest BCUT2D eigenvalue weighted by Crippen LogP contribution is 2.37. The van der Waals surface area contributed by atoms with Crippen molar-refractivity contribution in [2.45, 2.75) is 19.9 Å². The molecule has 5 rings (SSSR count). The molecule has 0 saturated heterocycles. The van der Waals surface area contributed by atoms with E-state index in [2.05, 4.69) is 10.3 Å². The van der Waals surface area contributed by atoms with Crippen LogP contribution >= 0.6 is 11.3 Å². The van der Waals surface area contributed by atoms with Crippen molar-refractivity contribution >= 4 is 34.0 Å². The molecule has 0 aliphatic heterocycles. The number of carbonyl (C=O) groups is 1. The number of anilines is 1. The molecule has 174 valence electrons. The van der Waals surface area contributed by atoms with E-state index in [1.807, 2.05) is 56.3 Å². The van der Waals surface area contributed by atoms with Crippen LogP contribution in [-0.2, 0) is 0 Å². The van der Waals surface area contributed by atoms with Crippen molar-refractivity contribution in [3.63, 3.8) is 0 Å². The molecule has 0 bridgehead atoms. The number of hydrogen-bond donors (Lipinski definition) is 2. The van der Waals surface area contributed by atoms with E-state index in [0.29, 0.717) is 28.0 Å². The zero-order valence-electron chi connectivity index (χ0n) is 19.1. The monoisotopic (exact) mass is 482 g/mol. The molecule has 0 spiro atoms. The highest BCUT2D eigenvalue weighted by molar-refractivity contribution is 7.13. The molecular formula is C28H22N2O4S. The Morgan fingerprint density at radius 3 is 2.54 bits per heavy atom. The first kappa shape index (κ1) is 22.6. The van der Waals surface area contributed by atoms with E-state index in [4.69, 9.17) is 4.42 Å². The minimum Gasteiger partial charge on any atom is -0.478 e. The van der Waals surface area contributed by atoms with Crippen molar-refractivity contribution in [1.82, 2.24) is 4.98 Å². The van der Waals surface area contributed by atoms with Gasteiger partial charge in [-0.2, -0.15) is 0 Å². The Labute approximate surface area is 205 Å². The van der Waals surface area contributed by atoms with Gasteiger partial charge in [-0.05, 0) is 37.6 Å². The Kier molecular flexibility index (Phi) is 5.93. The van der Waals surface area contributed by atoms with Crippen LogP contribution in [0.15, 0.2) is 87.6 Å². The van der Waals surface area contributed by atoms with Gasteiger partial charge in [0.1, 0.15) is 11.3 Å². The molecule has 0 amide bonds. The predicted octanol–water partition coefficient (Wildman–Crippen LogP) is 6.76. The molecule has 0 aliphatic rings. The summed E-state index contributed by atoms with van der Waals surface area (Å²) in [6.07, 6.45) is 1.68. The first-order valence-corrected chi connectivity index (χ1v) is 12.0. The summed E-state index contributed by atoms with van der Waals surface area (Å²) >= 11 is 1.39. The number of hydrogen-bond acceptors (Lipinski definition) is 6. The molecule has 5 aromatic rings. The summed E-state index contributed by atoms with van der Waals surface area (Å²) in [5.41, 5.74) is 5.66. The van der Waals surface area contributed by atoms with E-state index in [1.54, 1.807) is 36.0 Å². The van der Waals surface area contributed by atoms with Gasteiger partial charge in [-0.3, -0.25) is 9.78 Å². The van der Waals surface area contributed by atoms with Gasteiger partial charge in [0.05, 0.1) is 32.9 Å². The van der Waals surface area contributed by atoms with Crippen LogP contribution in [0.2, 0.25) is 0 Å².